The highest BCUT2D eigenvalue weighted by Crippen LogP contribution is 2.23. The number of nitrogens with two attached hydrogens (primary N) is 1. The third-order valence-electron chi connectivity index (χ3n) is 2.88. The molecule has 0 saturated heterocycles. The Balaban J connectivity index is 2.40. The van der Waals surface area contributed by atoms with E-state index in [1.165, 1.54) is 10.9 Å². The molecule has 0 amide bonds. The van der Waals surface area contributed by atoms with Crippen LogP contribution in [-0.2, 0) is 6.42 Å². The van der Waals surface area contributed by atoms with Crippen LogP contribution in [0.4, 0.5) is 0 Å². The normalized spacial score (nSPS) is 11.0. The average Bonchev–Trinajstić information content (AvgIpc) is 2.30. The van der Waals surface area contributed by atoms with E-state index in [0.717, 1.165) is 42.0 Å². The minimum atomic E-state index is 0.753. The van der Waals surface area contributed by atoms with Crippen LogP contribution in [0.5, 0.6) is 0 Å². The van der Waals surface area contributed by atoms with Crippen molar-refractivity contribution in [2.24, 2.45) is 5.73 Å². The molecule has 0 bridgehead atoms. The standard InChI is InChI=1S/C14H17ClN2/c1-10-8-11(4-2-3-7-16)13-9-12(15)5-6-14(13)17-10/h5-6,8-9H,2-4,7,16H2,1H3. The SMILES string of the molecule is Cc1cc(CCCCN)c2cc(Cl)ccc2n1. The maximum atomic E-state index is 6.04. The summed E-state index contributed by atoms with van der Waals surface area (Å²) >= 11 is 6.04. The fourth-order valence-corrected chi connectivity index (χ4v) is 2.25. The number of aromatic nitrogens is 1. The molecule has 2 aromatic rings. The molecule has 2 nitrogen and oxygen atoms in total. The third kappa shape index (κ3) is 2.96. The van der Waals surface area contributed by atoms with Gasteiger partial charge in [-0.2, -0.15) is 0 Å². The van der Waals surface area contributed by atoms with Crippen molar-refractivity contribution >= 4 is 22.5 Å². The molecule has 1 heterocycles. The third-order valence-corrected chi connectivity index (χ3v) is 3.12. The number of fused-ring (bicyclic) bond motifs is 1. The topological polar surface area (TPSA) is 38.9 Å². The maximum Gasteiger partial charge on any atom is 0.0708 e. The molecule has 0 radical (unpaired) electrons. The summed E-state index contributed by atoms with van der Waals surface area (Å²) in [5.74, 6) is 0. The number of nitrogens with zero attached hydrogens (tertiary/aromatic N) is 1. The zero-order valence-corrected chi connectivity index (χ0v) is 10.8. The lowest BCUT2D eigenvalue weighted by Crippen LogP contribution is -2.00. The van der Waals surface area contributed by atoms with Gasteiger partial charge in [0.05, 0.1) is 5.52 Å². The first-order valence-electron chi connectivity index (χ1n) is 5.96. The number of rotatable bonds is 4. The van der Waals surface area contributed by atoms with Crippen LogP contribution in [0.25, 0.3) is 10.9 Å². The van der Waals surface area contributed by atoms with Gasteiger partial charge in [0.25, 0.3) is 0 Å². The zero-order valence-electron chi connectivity index (χ0n) is 10.0. The van der Waals surface area contributed by atoms with Gasteiger partial charge in [-0.05, 0) is 62.6 Å². The molecule has 1 aromatic carbocycles. The second-order valence-electron chi connectivity index (χ2n) is 4.33. The van der Waals surface area contributed by atoms with Crippen molar-refractivity contribution in [2.75, 3.05) is 6.54 Å². The van der Waals surface area contributed by atoms with Crippen LogP contribution in [-0.4, -0.2) is 11.5 Å². The van der Waals surface area contributed by atoms with Crippen molar-refractivity contribution in [1.29, 1.82) is 0 Å². The molecule has 3 heteroatoms. The second kappa shape index (κ2) is 5.48. The molecule has 0 fully saturated rings. The van der Waals surface area contributed by atoms with E-state index in [1.54, 1.807) is 0 Å². The van der Waals surface area contributed by atoms with Crippen LogP contribution < -0.4 is 5.73 Å². The molecular formula is C14H17ClN2. The fourth-order valence-electron chi connectivity index (χ4n) is 2.08. The number of halogens is 1. The zero-order chi connectivity index (χ0) is 12.3. The summed E-state index contributed by atoms with van der Waals surface area (Å²) in [7, 11) is 0. The second-order valence-corrected chi connectivity index (χ2v) is 4.77. The van der Waals surface area contributed by atoms with E-state index in [4.69, 9.17) is 17.3 Å². The molecule has 0 aliphatic rings. The van der Waals surface area contributed by atoms with Gasteiger partial charge >= 0.3 is 0 Å². The minimum absolute atomic E-state index is 0.753. The van der Waals surface area contributed by atoms with E-state index in [1.807, 2.05) is 25.1 Å². The van der Waals surface area contributed by atoms with Gasteiger partial charge in [-0.1, -0.05) is 11.6 Å². The van der Waals surface area contributed by atoms with Gasteiger partial charge in [0.2, 0.25) is 0 Å². The molecule has 2 N–H and O–H groups in total. The lowest BCUT2D eigenvalue weighted by atomic mass is 10.0. The number of hydrogen-bond donors (Lipinski definition) is 1. The Kier molecular flexibility index (Phi) is 3.97. The van der Waals surface area contributed by atoms with Crippen LogP contribution in [0.15, 0.2) is 24.3 Å². The van der Waals surface area contributed by atoms with Gasteiger partial charge < -0.3 is 5.73 Å². The highest BCUT2D eigenvalue weighted by Gasteiger charge is 2.04. The summed E-state index contributed by atoms with van der Waals surface area (Å²) in [5.41, 5.74) is 8.93. The minimum Gasteiger partial charge on any atom is -0.330 e. The summed E-state index contributed by atoms with van der Waals surface area (Å²) in [6.45, 7) is 2.78. The van der Waals surface area contributed by atoms with Gasteiger partial charge in [0, 0.05) is 16.1 Å². The van der Waals surface area contributed by atoms with Crippen molar-refractivity contribution in [2.45, 2.75) is 26.2 Å². The Morgan fingerprint density at radius 2 is 2.06 bits per heavy atom. The van der Waals surface area contributed by atoms with Crippen LogP contribution in [0.2, 0.25) is 5.02 Å². The summed E-state index contributed by atoms with van der Waals surface area (Å²) in [5, 5.41) is 1.93. The molecule has 0 aliphatic carbocycles. The van der Waals surface area contributed by atoms with E-state index in [0.29, 0.717) is 0 Å². The van der Waals surface area contributed by atoms with Crippen LogP contribution in [0.3, 0.4) is 0 Å². The first-order valence-corrected chi connectivity index (χ1v) is 6.34. The van der Waals surface area contributed by atoms with Crippen LogP contribution in [0, 0.1) is 6.92 Å². The van der Waals surface area contributed by atoms with E-state index in [-0.39, 0.29) is 0 Å². The molecule has 1 aromatic heterocycles. The molecule has 0 saturated carbocycles. The predicted molar refractivity (Wildman–Crippen MR) is 73.5 cm³/mol. The monoisotopic (exact) mass is 248 g/mol. The summed E-state index contributed by atoms with van der Waals surface area (Å²) in [6, 6.07) is 8.02. The highest BCUT2D eigenvalue weighted by atomic mass is 35.5. The number of hydrogen-bond acceptors (Lipinski definition) is 2. The Bertz CT molecular complexity index is 523. The van der Waals surface area contributed by atoms with Gasteiger partial charge in [-0.25, -0.2) is 0 Å². The van der Waals surface area contributed by atoms with Crippen molar-refractivity contribution < 1.29 is 0 Å². The smallest absolute Gasteiger partial charge is 0.0708 e. The van der Waals surface area contributed by atoms with Crippen LogP contribution in [0.1, 0.15) is 24.1 Å². The number of benzene rings is 1. The fraction of sp³-hybridized carbons (Fsp3) is 0.357. The van der Waals surface area contributed by atoms with Gasteiger partial charge in [-0.3, -0.25) is 4.98 Å². The summed E-state index contributed by atoms with van der Waals surface area (Å²) in [6.07, 6.45) is 3.21. The van der Waals surface area contributed by atoms with Gasteiger partial charge in [0.15, 0.2) is 0 Å². The Morgan fingerprint density at radius 1 is 1.24 bits per heavy atom. The first-order chi connectivity index (χ1) is 8.20. The molecule has 0 aliphatic heterocycles. The highest BCUT2D eigenvalue weighted by molar-refractivity contribution is 6.31. The summed E-state index contributed by atoms with van der Waals surface area (Å²) < 4.78 is 0. The van der Waals surface area contributed by atoms with E-state index in [2.05, 4.69) is 11.1 Å². The first kappa shape index (κ1) is 12.3. The Morgan fingerprint density at radius 3 is 2.82 bits per heavy atom. The maximum absolute atomic E-state index is 6.04. The number of aryl methyl sites for hydroxylation is 2. The molecule has 17 heavy (non-hydrogen) atoms. The largest absolute Gasteiger partial charge is 0.330 e. The number of pyridine rings is 1. The predicted octanol–water partition coefficient (Wildman–Crippen LogP) is 3.48. The van der Waals surface area contributed by atoms with E-state index < -0.39 is 0 Å². The van der Waals surface area contributed by atoms with Gasteiger partial charge in [0.1, 0.15) is 0 Å². The van der Waals surface area contributed by atoms with Crippen LogP contribution >= 0.6 is 11.6 Å². The van der Waals surface area contributed by atoms with E-state index >= 15 is 0 Å². The summed E-state index contributed by atoms with van der Waals surface area (Å²) in [4.78, 5) is 4.52. The molecule has 0 unspecified atom stereocenters. The molecular weight excluding hydrogens is 232 g/mol. The lowest BCUT2D eigenvalue weighted by molar-refractivity contribution is 0.746. The number of unbranched alkanes of at least 4 members (excludes halogenated alkanes) is 1. The van der Waals surface area contributed by atoms with Crippen molar-refractivity contribution in [3.8, 4) is 0 Å². The van der Waals surface area contributed by atoms with Crippen molar-refractivity contribution in [3.63, 3.8) is 0 Å². The quantitative estimate of drug-likeness (QED) is 0.842. The van der Waals surface area contributed by atoms with Gasteiger partial charge in [-0.15, -0.1) is 0 Å². The van der Waals surface area contributed by atoms with Crippen molar-refractivity contribution in [1.82, 2.24) is 4.98 Å². The average molecular weight is 249 g/mol. The Hall–Kier alpha value is -1.12. The molecule has 0 spiro atoms. The molecule has 0 atom stereocenters. The molecule has 90 valence electrons. The van der Waals surface area contributed by atoms with Crippen molar-refractivity contribution in [3.05, 3.63) is 40.5 Å². The lowest BCUT2D eigenvalue weighted by Gasteiger charge is -2.08. The van der Waals surface area contributed by atoms with E-state index in [9.17, 15) is 0 Å². The molecule has 2 rings (SSSR count). The Labute approximate surface area is 107 Å².